The van der Waals surface area contributed by atoms with Crippen LogP contribution in [0.3, 0.4) is 0 Å². The second-order valence-corrected chi connectivity index (χ2v) is 17.0. The van der Waals surface area contributed by atoms with Crippen LogP contribution in [0, 0.1) is 51.2 Å². The van der Waals surface area contributed by atoms with Crippen LogP contribution < -0.4 is 5.32 Å². The number of nitrogens with one attached hydrogen (secondary N) is 1. The van der Waals surface area contributed by atoms with Gasteiger partial charge < -0.3 is 24.7 Å². The van der Waals surface area contributed by atoms with Gasteiger partial charge in [-0.2, -0.15) is 0 Å². The standard InChI is InChI=1S/C37H59NO7/c1-22(2)23(3)30-24-11-12-27-35(8,25(24)13-18-37(30,19-20-39)38-32(43)44-10)16-14-26-34(6,7)28(15-17-36(26,27)9)45-29(40)21-33(4,5)31(41)42/h20,22,24-28H,11-19,21H2,1-10H3,(H,38,43)(H,41,42)/b30-23+. The van der Waals surface area contributed by atoms with Crippen LogP contribution >= 0.6 is 0 Å². The topological polar surface area (TPSA) is 119 Å². The Labute approximate surface area is 270 Å². The monoisotopic (exact) mass is 629 g/mol. The molecule has 8 heteroatoms. The molecule has 0 aromatic heterocycles. The molecule has 0 heterocycles. The van der Waals surface area contributed by atoms with Crippen LogP contribution in [0.25, 0.3) is 0 Å². The summed E-state index contributed by atoms with van der Waals surface area (Å²) in [4.78, 5) is 49.4. The van der Waals surface area contributed by atoms with E-state index in [1.165, 1.54) is 18.3 Å². The number of carbonyl (C=O) groups excluding carboxylic acids is 3. The summed E-state index contributed by atoms with van der Waals surface area (Å²) in [5, 5.41) is 12.7. The van der Waals surface area contributed by atoms with Crippen LogP contribution in [-0.2, 0) is 23.9 Å². The Morgan fingerprint density at radius 1 is 0.978 bits per heavy atom. The van der Waals surface area contributed by atoms with Gasteiger partial charge in [0.25, 0.3) is 0 Å². The predicted molar refractivity (Wildman–Crippen MR) is 173 cm³/mol. The number of aliphatic carboxylic acids is 1. The molecule has 8 nitrogen and oxygen atoms in total. The molecule has 4 fully saturated rings. The Morgan fingerprint density at radius 3 is 2.20 bits per heavy atom. The van der Waals surface area contributed by atoms with Crippen LogP contribution in [0.4, 0.5) is 4.79 Å². The molecule has 45 heavy (non-hydrogen) atoms. The number of carboxylic acids is 1. The highest BCUT2D eigenvalue weighted by molar-refractivity contribution is 5.81. The lowest BCUT2D eigenvalue weighted by molar-refractivity contribution is -0.213. The lowest BCUT2D eigenvalue weighted by Gasteiger charge is -2.69. The van der Waals surface area contributed by atoms with Crippen LogP contribution in [-0.4, -0.2) is 48.2 Å². The first-order valence-corrected chi connectivity index (χ1v) is 17.2. The number of methoxy groups -OCH3 is 1. The number of carbonyl (C=O) groups is 4. The van der Waals surface area contributed by atoms with E-state index in [2.05, 4.69) is 53.8 Å². The Kier molecular flexibility index (Phi) is 9.72. The Bertz CT molecular complexity index is 1220. The van der Waals surface area contributed by atoms with E-state index < -0.39 is 29.0 Å². The minimum atomic E-state index is -1.16. The predicted octanol–water partition coefficient (Wildman–Crippen LogP) is 7.73. The molecule has 254 valence electrons. The number of amides is 1. The summed E-state index contributed by atoms with van der Waals surface area (Å²) < 4.78 is 11.2. The summed E-state index contributed by atoms with van der Waals surface area (Å²) in [5.74, 6) is 0.515. The van der Waals surface area contributed by atoms with Gasteiger partial charge in [-0.15, -0.1) is 0 Å². The summed E-state index contributed by atoms with van der Waals surface area (Å²) in [6.07, 6.45) is 8.04. The molecule has 4 aliphatic rings. The van der Waals surface area contributed by atoms with E-state index in [1.807, 2.05) is 0 Å². The van der Waals surface area contributed by atoms with Crippen molar-refractivity contribution in [2.45, 2.75) is 138 Å². The number of carboxylic acid groups (broad SMARTS) is 1. The molecular weight excluding hydrogens is 570 g/mol. The van der Waals surface area contributed by atoms with E-state index in [-0.39, 0.29) is 35.2 Å². The maximum Gasteiger partial charge on any atom is 0.407 e. The number of aldehydes is 1. The van der Waals surface area contributed by atoms with Crippen LogP contribution in [0.5, 0.6) is 0 Å². The highest BCUT2D eigenvalue weighted by Crippen LogP contribution is 2.71. The Hall–Kier alpha value is -2.38. The van der Waals surface area contributed by atoms with Crippen molar-refractivity contribution in [1.82, 2.24) is 5.32 Å². The molecule has 2 N–H and O–H groups in total. The number of hydrogen-bond acceptors (Lipinski definition) is 6. The van der Waals surface area contributed by atoms with Gasteiger partial charge in [0, 0.05) is 11.8 Å². The van der Waals surface area contributed by atoms with Gasteiger partial charge in [0.15, 0.2) is 0 Å². The van der Waals surface area contributed by atoms with Crippen molar-refractivity contribution in [3.8, 4) is 0 Å². The lowest BCUT2D eigenvalue weighted by Crippen LogP contribution is -2.64. The van der Waals surface area contributed by atoms with Crippen molar-refractivity contribution in [2.75, 3.05) is 7.11 Å². The molecule has 8 atom stereocenters. The fraction of sp³-hybridized carbons (Fsp3) is 0.838. The van der Waals surface area contributed by atoms with Gasteiger partial charge >= 0.3 is 18.0 Å². The average Bonchev–Trinajstić information content (AvgIpc) is 2.93. The maximum atomic E-state index is 13.0. The zero-order chi connectivity index (χ0) is 33.8. The van der Waals surface area contributed by atoms with Crippen molar-refractivity contribution < 1.29 is 33.8 Å². The number of alkyl carbamates (subject to hydrolysis) is 1. The summed E-state index contributed by atoms with van der Waals surface area (Å²) in [6, 6.07) is 0. The molecule has 0 saturated heterocycles. The van der Waals surface area contributed by atoms with E-state index in [4.69, 9.17) is 9.47 Å². The largest absolute Gasteiger partial charge is 0.481 e. The van der Waals surface area contributed by atoms with Gasteiger partial charge in [0.1, 0.15) is 12.4 Å². The van der Waals surface area contributed by atoms with Gasteiger partial charge in [0.2, 0.25) is 0 Å². The summed E-state index contributed by atoms with van der Waals surface area (Å²) >= 11 is 0. The fourth-order valence-electron chi connectivity index (χ4n) is 11.1. The van der Waals surface area contributed by atoms with E-state index in [9.17, 15) is 24.3 Å². The molecule has 0 aromatic rings. The maximum absolute atomic E-state index is 13.0. The number of rotatable bonds is 8. The van der Waals surface area contributed by atoms with Gasteiger partial charge in [-0.05, 0) is 118 Å². The minimum Gasteiger partial charge on any atom is -0.481 e. The van der Waals surface area contributed by atoms with Crippen molar-refractivity contribution in [2.24, 2.45) is 51.2 Å². The second kappa shape index (κ2) is 12.3. The quantitative estimate of drug-likeness (QED) is 0.160. The average molecular weight is 630 g/mol. The minimum absolute atomic E-state index is 0.0866. The zero-order valence-corrected chi connectivity index (χ0v) is 29.5. The smallest absolute Gasteiger partial charge is 0.407 e. The first-order chi connectivity index (χ1) is 20.8. The molecule has 0 radical (unpaired) electrons. The number of allylic oxidation sites excluding steroid dienone is 1. The lowest BCUT2D eigenvalue weighted by atomic mass is 9.36. The highest BCUT2D eigenvalue weighted by Gasteiger charge is 2.66. The summed E-state index contributed by atoms with van der Waals surface area (Å²) in [7, 11) is 1.38. The molecule has 0 bridgehead atoms. The molecule has 0 spiro atoms. The third-order valence-electron chi connectivity index (χ3n) is 13.6. The van der Waals surface area contributed by atoms with E-state index >= 15 is 0 Å². The first kappa shape index (κ1) is 35.5. The van der Waals surface area contributed by atoms with E-state index in [0.29, 0.717) is 29.6 Å². The summed E-state index contributed by atoms with van der Waals surface area (Å²) in [6.45, 7) is 19.2. The zero-order valence-electron chi connectivity index (χ0n) is 29.5. The van der Waals surface area contributed by atoms with Crippen LogP contribution in [0.1, 0.15) is 127 Å². The SMILES string of the molecule is COC(=O)NC1(CC=O)CCC2C(CCC3C2(C)CCC2C(C)(C)C(OC(=O)CC(C)(C)C(=O)O)CCC23C)/C1=C(/C)C(C)C. The Morgan fingerprint density at radius 2 is 1.62 bits per heavy atom. The highest BCUT2D eigenvalue weighted by atomic mass is 16.5. The molecule has 0 aromatic carbocycles. The normalized spacial score (nSPS) is 38.6. The number of esters is 1. The van der Waals surface area contributed by atoms with Gasteiger partial charge in [-0.1, -0.05) is 47.1 Å². The van der Waals surface area contributed by atoms with Crippen molar-refractivity contribution >= 4 is 24.3 Å². The Balaban J connectivity index is 1.64. The molecule has 0 aliphatic heterocycles. The molecular formula is C37H59NO7. The van der Waals surface area contributed by atoms with Gasteiger partial charge in [-0.25, -0.2) is 4.79 Å². The molecule has 4 saturated carbocycles. The van der Waals surface area contributed by atoms with Crippen LogP contribution in [0.15, 0.2) is 11.1 Å². The van der Waals surface area contributed by atoms with Gasteiger partial charge in [-0.3, -0.25) is 9.59 Å². The fourth-order valence-corrected chi connectivity index (χ4v) is 11.1. The summed E-state index contributed by atoms with van der Waals surface area (Å²) in [5.41, 5.74) is 0.631. The molecule has 4 rings (SSSR count). The first-order valence-electron chi connectivity index (χ1n) is 17.2. The van der Waals surface area contributed by atoms with Crippen molar-refractivity contribution in [3.63, 3.8) is 0 Å². The molecule has 8 unspecified atom stereocenters. The molecule has 1 amide bonds. The number of ether oxygens (including phenoxy) is 2. The van der Waals surface area contributed by atoms with Gasteiger partial charge in [0.05, 0.1) is 24.5 Å². The molecule has 4 aliphatic carbocycles. The third-order valence-corrected chi connectivity index (χ3v) is 13.6. The number of hydrogen-bond donors (Lipinski definition) is 2. The van der Waals surface area contributed by atoms with Crippen molar-refractivity contribution in [1.29, 1.82) is 0 Å². The van der Waals surface area contributed by atoms with E-state index in [1.54, 1.807) is 13.8 Å². The van der Waals surface area contributed by atoms with Crippen molar-refractivity contribution in [3.05, 3.63) is 11.1 Å². The number of fused-ring (bicyclic) bond motifs is 5. The second-order valence-electron chi connectivity index (χ2n) is 17.0. The van der Waals surface area contributed by atoms with Crippen LogP contribution in [0.2, 0.25) is 0 Å². The third kappa shape index (κ3) is 5.97. The van der Waals surface area contributed by atoms with E-state index in [0.717, 1.165) is 57.7 Å².